The lowest BCUT2D eigenvalue weighted by atomic mass is 10.1. The molecule has 2 nitrogen and oxygen atoms in total. The zero-order chi connectivity index (χ0) is 8.27. The molecule has 1 fully saturated rings. The van der Waals surface area contributed by atoms with Crippen LogP contribution in [0.1, 0.15) is 33.1 Å². The van der Waals surface area contributed by atoms with E-state index in [1.807, 2.05) is 0 Å². The highest BCUT2D eigenvalue weighted by Gasteiger charge is 2.27. The second kappa shape index (κ2) is 3.73. The van der Waals surface area contributed by atoms with E-state index in [2.05, 4.69) is 23.6 Å². The van der Waals surface area contributed by atoms with Gasteiger partial charge in [0, 0.05) is 19.0 Å². The molecule has 0 aliphatic carbocycles. The molecule has 11 heavy (non-hydrogen) atoms. The topological polar surface area (TPSA) is 7.60 Å². The van der Waals surface area contributed by atoms with E-state index in [1.54, 1.807) is 0 Å². The molecule has 0 saturated carbocycles. The summed E-state index contributed by atoms with van der Waals surface area (Å²) in [6, 6.07) is 0.536. The molecule has 2 heteroatoms. The van der Waals surface area contributed by atoms with E-state index >= 15 is 0 Å². The van der Waals surface area contributed by atoms with E-state index in [4.69, 9.17) is 6.57 Å². The van der Waals surface area contributed by atoms with E-state index in [9.17, 15) is 0 Å². The fourth-order valence-corrected chi connectivity index (χ4v) is 1.68. The Morgan fingerprint density at radius 2 is 2.18 bits per heavy atom. The molecule has 0 N–H and O–H groups in total. The summed E-state index contributed by atoms with van der Waals surface area (Å²) in [6.07, 6.45) is 3.74. The van der Waals surface area contributed by atoms with Gasteiger partial charge in [-0.05, 0) is 26.7 Å². The van der Waals surface area contributed by atoms with Gasteiger partial charge in [-0.25, -0.2) is 11.5 Å². The van der Waals surface area contributed by atoms with Crippen LogP contribution in [0.25, 0.3) is 4.85 Å². The lowest BCUT2D eigenvalue weighted by molar-refractivity contribution is 0.139. The van der Waals surface area contributed by atoms with Gasteiger partial charge < -0.3 is 0 Å². The number of nitrogens with zero attached hydrogens (tertiary/aromatic N) is 2. The third-order valence-corrected chi connectivity index (χ3v) is 2.32. The van der Waals surface area contributed by atoms with Gasteiger partial charge in [-0.2, -0.15) is 0 Å². The summed E-state index contributed by atoms with van der Waals surface area (Å²) in [7, 11) is 0. The standard InChI is InChI=1S/C9H16N2/c1-8(2)11-7-5-4-6-9(11)10-3/h8-9H,4-7H2,1-2H3. The van der Waals surface area contributed by atoms with E-state index in [-0.39, 0.29) is 6.17 Å². The first-order valence-electron chi connectivity index (χ1n) is 4.38. The van der Waals surface area contributed by atoms with Crippen molar-refractivity contribution in [2.45, 2.75) is 45.3 Å². The number of likely N-dealkylation sites (tertiary alicyclic amines) is 1. The first kappa shape index (κ1) is 8.55. The molecular formula is C9H16N2. The average Bonchev–Trinajstić information content (AvgIpc) is 2.04. The van der Waals surface area contributed by atoms with Crippen molar-refractivity contribution in [3.8, 4) is 0 Å². The fraction of sp³-hybridized carbons (Fsp3) is 0.889. The van der Waals surface area contributed by atoms with Crippen molar-refractivity contribution in [3.05, 3.63) is 11.4 Å². The van der Waals surface area contributed by atoms with E-state index < -0.39 is 0 Å². The van der Waals surface area contributed by atoms with E-state index in [0.29, 0.717) is 6.04 Å². The van der Waals surface area contributed by atoms with Crippen molar-refractivity contribution in [1.29, 1.82) is 0 Å². The molecule has 1 rings (SSSR count). The summed E-state index contributed by atoms with van der Waals surface area (Å²) in [5, 5.41) is 0. The first-order chi connectivity index (χ1) is 5.25. The van der Waals surface area contributed by atoms with Crippen LogP contribution in [-0.2, 0) is 0 Å². The lowest BCUT2D eigenvalue weighted by Gasteiger charge is -2.30. The Kier molecular flexibility index (Phi) is 2.90. The Hall–Kier alpha value is -0.550. The minimum absolute atomic E-state index is 0.170. The first-order valence-corrected chi connectivity index (χ1v) is 4.38. The van der Waals surface area contributed by atoms with Crippen LogP contribution in [0.5, 0.6) is 0 Å². The largest absolute Gasteiger partial charge is 0.296 e. The summed E-state index contributed by atoms with van der Waals surface area (Å²) in [5.74, 6) is 0. The number of piperidine rings is 1. The second-order valence-corrected chi connectivity index (χ2v) is 3.44. The Labute approximate surface area is 69.0 Å². The number of rotatable bonds is 1. The Morgan fingerprint density at radius 3 is 2.64 bits per heavy atom. The van der Waals surface area contributed by atoms with Crippen LogP contribution in [0.2, 0.25) is 0 Å². The molecule has 1 unspecified atom stereocenters. The predicted octanol–water partition coefficient (Wildman–Crippen LogP) is 2.13. The molecule has 0 radical (unpaired) electrons. The van der Waals surface area contributed by atoms with Gasteiger partial charge in [0.15, 0.2) is 0 Å². The summed E-state index contributed by atoms with van der Waals surface area (Å²) >= 11 is 0. The van der Waals surface area contributed by atoms with Crippen LogP contribution in [0.15, 0.2) is 0 Å². The predicted molar refractivity (Wildman–Crippen MR) is 46.1 cm³/mol. The van der Waals surface area contributed by atoms with Gasteiger partial charge in [-0.3, -0.25) is 4.85 Å². The van der Waals surface area contributed by atoms with Crippen molar-refractivity contribution in [3.63, 3.8) is 0 Å². The van der Waals surface area contributed by atoms with E-state index in [0.717, 1.165) is 13.0 Å². The molecule has 0 aromatic carbocycles. The zero-order valence-corrected chi connectivity index (χ0v) is 7.38. The summed E-state index contributed by atoms with van der Waals surface area (Å²) in [5.41, 5.74) is 0. The molecule has 0 aromatic rings. The Bertz CT molecular complexity index is 157. The molecule has 1 aliphatic heterocycles. The highest BCUT2D eigenvalue weighted by molar-refractivity contribution is 4.84. The average molecular weight is 152 g/mol. The molecule has 0 bridgehead atoms. The number of hydrogen-bond acceptors (Lipinski definition) is 1. The van der Waals surface area contributed by atoms with Crippen molar-refractivity contribution in [2.75, 3.05) is 6.54 Å². The van der Waals surface area contributed by atoms with Crippen LogP contribution in [0.4, 0.5) is 0 Å². The SMILES string of the molecule is [C-]#[N+]C1CCCCN1C(C)C. The van der Waals surface area contributed by atoms with Crippen LogP contribution < -0.4 is 0 Å². The van der Waals surface area contributed by atoms with Gasteiger partial charge in [-0.15, -0.1) is 0 Å². The maximum absolute atomic E-state index is 7.00. The highest BCUT2D eigenvalue weighted by Crippen LogP contribution is 2.19. The molecule has 62 valence electrons. The minimum Gasteiger partial charge on any atom is -0.296 e. The molecule has 0 spiro atoms. The van der Waals surface area contributed by atoms with Gasteiger partial charge in [0.2, 0.25) is 0 Å². The quantitative estimate of drug-likeness (QED) is 0.522. The maximum atomic E-state index is 7.00. The molecule has 0 amide bonds. The molecular weight excluding hydrogens is 136 g/mol. The fourth-order valence-electron chi connectivity index (χ4n) is 1.68. The second-order valence-electron chi connectivity index (χ2n) is 3.44. The van der Waals surface area contributed by atoms with Crippen LogP contribution >= 0.6 is 0 Å². The molecule has 1 aliphatic rings. The van der Waals surface area contributed by atoms with Crippen molar-refractivity contribution in [1.82, 2.24) is 4.90 Å². The smallest absolute Gasteiger partial charge is 0.279 e. The van der Waals surface area contributed by atoms with Crippen LogP contribution in [0, 0.1) is 6.57 Å². The van der Waals surface area contributed by atoms with Gasteiger partial charge >= 0.3 is 0 Å². The molecule has 0 aromatic heterocycles. The third-order valence-electron chi connectivity index (χ3n) is 2.32. The highest BCUT2D eigenvalue weighted by atomic mass is 15.2. The van der Waals surface area contributed by atoms with Crippen molar-refractivity contribution < 1.29 is 0 Å². The van der Waals surface area contributed by atoms with Gasteiger partial charge in [0.25, 0.3) is 6.17 Å². The third kappa shape index (κ3) is 1.94. The van der Waals surface area contributed by atoms with Gasteiger partial charge in [0.05, 0.1) is 0 Å². The number of hydrogen-bond donors (Lipinski definition) is 0. The van der Waals surface area contributed by atoms with Gasteiger partial charge in [0.1, 0.15) is 0 Å². The monoisotopic (exact) mass is 152 g/mol. The minimum atomic E-state index is 0.170. The summed E-state index contributed by atoms with van der Waals surface area (Å²) in [6.45, 7) is 12.5. The van der Waals surface area contributed by atoms with Gasteiger partial charge in [-0.1, -0.05) is 0 Å². The van der Waals surface area contributed by atoms with Crippen LogP contribution in [0.3, 0.4) is 0 Å². The molecule has 1 saturated heterocycles. The lowest BCUT2D eigenvalue weighted by Crippen LogP contribution is -2.41. The Balaban J connectivity index is 2.53. The zero-order valence-electron chi connectivity index (χ0n) is 7.38. The summed E-state index contributed by atoms with van der Waals surface area (Å²) < 4.78 is 0. The Morgan fingerprint density at radius 1 is 1.45 bits per heavy atom. The molecule has 1 atom stereocenters. The van der Waals surface area contributed by atoms with Crippen molar-refractivity contribution >= 4 is 0 Å². The molecule has 1 heterocycles. The van der Waals surface area contributed by atoms with Crippen LogP contribution in [-0.4, -0.2) is 23.7 Å². The van der Waals surface area contributed by atoms with E-state index in [1.165, 1.54) is 12.8 Å². The maximum Gasteiger partial charge on any atom is 0.279 e. The normalized spacial score (nSPS) is 26.9. The van der Waals surface area contributed by atoms with Crippen molar-refractivity contribution in [2.24, 2.45) is 0 Å². The summed E-state index contributed by atoms with van der Waals surface area (Å²) in [4.78, 5) is 5.93.